The van der Waals surface area contributed by atoms with Gasteiger partial charge < -0.3 is 19.4 Å². The van der Waals surface area contributed by atoms with E-state index in [-0.39, 0.29) is 17.7 Å². The zero-order chi connectivity index (χ0) is 24.1. The number of ether oxygens (including phenoxy) is 1. The van der Waals surface area contributed by atoms with Gasteiger partial charge >= 0.3 is 0 Å². The van der Waals surface area contributed by atoms with Crippen LogP contribution in [0.2, 0.25) is 0 Å². The first-order chi connectivity index (χ1) is 16.5. The molecular weight excluding hydrogens is 430 g/mol. The van der Waals surface area contributed by atoms with Crippen molar-refractivity contribution in [3.05, 3.63) is 78.3 Å². The Morgan fingerprint density at radius 3 is 2.18 bits per heavy atom. The first-order valence-corrected chi connectivity index (χ1v) is 11.6. The maximum atomic E-state index is 13.8. The number of hydrogen-bond donors (Lipinski definition) is 1. The van der Waals surface area contributed by atoms with Crippen LogP contribution in [0.5, 0.6) is 5.75 Å². The lowest BCUT2D eigenvalue weighted by molar-refractivity contribution is -0.123. The van der Waals surface area contributed by atoms with E-state index in [1.807, 2.05) is 43.3 Å². The number of nitrogens with zero attached hydrogens (tertiary/aromatic N) is 2. The Kier molecular flexibility index (Phi) is 7.21. The maximum Gasteiger partial charge on any atom is 0.294 e. The molecule has 1 atom stereocenters. The van der Waals surface area contributed by atoms with E-state index < -0.39 is 11.9 Å². The van der Waals surface area contributed by atoms with Gasteiger partial charge in [0.25, 0.3) is 5.91 Å². The highest BCUT2D eigenvalue weighted by atomic mass is 16.5. The molecule has 7 heteroatoms. The molecule has 4 rings (SSSR count). The van der Waals surface area contributed by atoms with Gasteiger partial charge in [0.2, 0.25) is 5.91 Å². The van der Waals surface area contributed by atoms with Gasteiger partial charge in [-0.25, -0.2) is 0 Å². The van der Waals surface area contributed by atoms with Gasteiger partial charge in [-0.15, -0.1) is 0 Å². The summed E-state index contributed by atoms with van der Waals surface area (Å²) in [4.78, 5) is 31.0. The third-order valence-corrected chi connectivity index (χ3v) is 6.23. The summed E-state index contributed by atoms with van der Waals surface area (Å²) in [5, 5.41) is 3.19. The van der Waals surface area contributed by atoms with Crippen LogP contribution < -0.4 is 19.9 Å². The van der Waals surface area contributed by atoms with Gasteiger partial charge in [0, 0.05) is 31.5 Å². The van der Waals surface area contributed by atoms with Gasteiger partial charge in [-0.1, -0.05) is 25.0 Å². The number of benzene rings is 2. The summed E-state index contributed by atoms with van der Waals surface area (Å²) in [6, 6.07) is 17.4. The predicted octanol–water partition coefficient (Wildman–Crippen LogP) is 4.80. The Hall–Kier alpha value is -3.74. The van der Waals surface area contributed by atoms with Crippen molar-refractivity contribution in [2.45, 2.75) is 37.8 Å². The van der Waals surface area contributed by atoms with Crippen molar-refractivity contribution in [2.75, 3.05) is 31.0 Å². The van der Waals surface area contributed by atoms with Gasteiger partial charge in [0.1, 0.15) is 11.8 Å². The zero-order valence-electron chi connectivity index (χ0n) is 19.9. The Bertz CT molecular complexity index is 1090. The summed E-state index contributed by atoms with van der Waals surface area (Å²) in [6.45, 7) is 0. The number of amides is 2. The molecule has 0 unspecified atom stereocenters. The fraction of sp³-hybridized carbons (Fsp3) is 0.333. The van der Waals surface area contributed by atoms with E-state index in [1.165, 1.54) is 11.2 Å². The van der Waals surface area contributed by atoms with Crippen LogP contribution in [0.25, 0.3) is 0 Å². The van der Waals surface area contributed by atoms with E-state index in [4.69, 9.17) is 9.15 Å². The van der Waals surface area contributed by atoms with Crippen molar-refractivity contribution in [3.63, 3.8) is 0 Å². The summed E-state index contributed by atoms with van der Waals surface area (Å²) in [5.41, 5.74) is 2.30. The molecule has 178 valence electrons. The van der Waals surface area contributed by atoms with Crippen molar-refractivity contribution < 1.29 is 18.7 Å². The van der Waals surface area contributed by atoms with Gasteiger partial charge in [0.05, 0.1) is 13.4 Å². The summed E-state index contributed by atoms with van der Waals surface area (Å²) in [7, 11) is 5.51. The van der Waals surface area contributed by atoms with E-state index in [9.17, 15) is 9.59 Å². The van der Waals surface area contributed by atoms with Gasteiger partial charge in [0.15, 0.2) is 5.76 Å². The molecule has 2 amide bonds. The molecule has 1 saturated carbocycles. The Morgan fingerprint density at radius 2 is 1.62 bits per heavy atom. The fourth-order valence-electron chi connectivity index (χ4n) is 4.37. The van der Waals surface area contributed by atoms with Gasteiger partial charge in [-0.05, 0) is 66.9 Å². The Morgan fingerprint density at radius 1 is 0.971 bits per heavy atom. The number of methoxy groups -OCH3 is 1. The van der Waals surface area contributed by atoms with E-state index in [0.717, 1.165) is 36.9 Å². The SMILES string of the molecule is COc1ccc(N(C(=O)c2ccco2)[C@@H](C(=O)NC2CCCC2)c2ccc(N(C)C)cc2)cc1. The molecule has 0 saturated heterocycles. The summed E-state index contributed by atoms with van der Waals surface area (Å²) < 4.78 is 10.7. The third-order valence-electron chi connectivity index (χ3n) is 6.23. The molecule has 3 aromatic rings. The first kappa shape index (κ1) is 23.4. The van der Waals surface area contributed by atoms with Crippen LogP contribution in [-0.2, 0) is 4.79 Å². The predicted molar refractivity (Wildman–Crippen MR) is 132 cm³/mol. The zero-order valence-corrected chi connectivity index (χ0v) is 19.9. The van der Waals surface area contributed by atoms with Crippen molar-refractivity contribution in [1.29, 1.82) is 0 Å². The molecule has 0 radical (unpaired) electrons. The molecule has 1 fully saturated rings. The van der Waals surface area contributed by atoms with Crippen LogP contribution in [0.4, 0.5) is 11.4 Å². The minimum Gasteiger partial charge on any atom is -0.497 e. The van der Waals surface area contributed by atoms with Crippen molar-refractivity contribution >= 4 is 23.2 Å². The molecule has 1 heterocycles. The van der Waals surface area contributed by atoms with Gasteiger partial charge in [-0.2, -0.15) is 0 Å². The number of furan rings is 1. The van der Waals surface area contributed by atoms with Crippen LogP contribution in [0, 0.1) is 0 Å². The molecular formula is C27H31N3O4. The Balaban J connectivity index is 1.79. The van der Waals surface area contributed by atoms with Crippen molar-refractivity contribution in [1.82, 2.24) is 5.32 Å². The summed E-state index contributed by atoms with van der Waals surface area (Å²) in [5.74, 6) is 0.231. The highest BCUT2D eigenvalue weighted by Crippen LogP contribution is 2.32. The topological polar surface area (TPSA) is 75.0 Å². The fourth-order valence-corrected chi connectivity index (χ4v) is 4.37. The quantitative estimate of drug-likeness (QED) is 0.522. The average Bonchev–Trinajstić information content (AvgIpc) is 3.57. The summed E-state index contributed by atoms with van der Waals surface area (Å²) in [6.07, 6.45) is 5.56. The molecule has 1 aliphatic carbocycles. The highest BCUT2D eigenvalue weighted by molar-refractivity contribution is 6.08. The largest absolute Gasteiger partial charge is 0.497 e. The van der Waals surface area contributed by atoms with Crippen molar-refractivity contribution in [2.24, 2.45) is 0 Å². The lowest BCUT2D eigenvalue weighted by Crippen LogP contribution is -2.46. The number of anilines is 2. The van der Waals surface area contributed by atoms with E-state index >= 15 is 0 Å². The van der Waals surface area contributed by atoms with Crippen LogP contribution in [0.15, 0.2) is 71.3 Å². The monoisotopic (exact) mass is 461 g/mol. The summed E-state index contributed by atoms with van der Waals surface area (Å²) >= 11 is 0. The van der Waals surface area contributed by atoms with E-state index in [2.05, 4.69) is 5.32 Å². The minimum atomic E-state index is -0.872. The number of hydrogen-bond acceptors (Lipinski definition) is 5. The number of carbonyl (C=O) groups is 2. The normalized spacial score (nSPS) is 14.4. The standard InChI is InChI=1S/C27H31N3O4/c1-29(2)21-12-10-19(11-13-21)25(26(31)28-20-7-4-5-8-20)30(27(32)24-9-6-18-34-24)22-14-16-23(33-3)17-15-22/h6,9-18,20,25H,4-5,7-8H2,1-3H3,(H,28,31)/t25-/m1/s1. The average molecular weight is 462 g/mol. The second kappa shape index (κ2) is 10.5. The number of carbonyl (C=O) groups excluding carboxylic acids is 2. The van der Waals surface area contributed by atoms with Crippen LogP contribution in [-0.4, -0.2) is 39.1 Å². The van der Waals surface area contributed by atoms with Crippen LogP contribution >= 0.6 is 0 Å². The van der Waals surface area contributed by atoms with Gasteiger partial charge in [-0.3, -0.25) is 14.5 Å². The second-order valence-electron chi connectivity index (χ2n) is 8.73. The molecule has 1 N–H and O–H groups in total. The number of rotatable bonds is 8. The smallest absolute Gasteiger partial charge is 0.294 e. The highest BCUT2D eigenvalue weighted by Gasteiger charge is 2.35. The molecule has 0 bridgehead atoms. The van der Waals surface area contributed by atoms with E-state index in [1.54, 1.807) is 43.5 Å². The molecule has 34 heavy (non-hydrogen) atoms. The first-order valence-electron chi connectivity index (χ1n) is 11.6. The lowest BCUT2D eigenvalue weighted by atomic mass is 10.0. The molecule has 0 spiro atoms. The maximum absolute atomic E-state index is 13.8. The Labute approximate surface area is 200 Å². The minimum absolute atomic E-state index is 0.118. The molecule has 1 aliphatic rings. The second-order valence-corrected chi connectivity index (χ2v) is 8.73. The third kappa shape index (κ3) is 5.09. The van der Waals surface area contributed by atoms with E-state index in [0.29, 0.717) is 11.4 Å². The molecule has 0 aliphatic heterocycles. The molecule has 2 aromatic carbocycles. The van der Waals surface area contributed by atoms with Crippen LogP contribution in [0.3, 0.4) is 0 Å². The van der Waals surface area contributed by atoms with Crippen LogP contribution in [0.1, 0.15) is 47.8 Å². The lowest BCUT2D eigenvalue weighted by Gasteiger charge is -2.32. The number of nitrogens with one attached hydrogen (secondary N) is 1. The molecule has 1 aromatic heterocycles. The molecule has 7 nitrogen and oxygen atoms in total. The van der Waals surface area contributed by atoms with Crippen molar-refractivity contribution in [3.8, 4) is 5.75 Å².